The lowest BCUT2D eigenvalue weighted by atomic mass is 9.95. The summed E-state index contributed by atoms with van der Waals surface area (Å²) in [5.41, 5.74) is 3.00. The van der Waals surface area contributed by atoms with Crippen LogP contribution in [0.5, 0.6) is 0 Å². The molecule has 152 valence electrons. The van der Waals surface area contributed by atoms with E-state index in [1.807, 2.05) is 31.2 Å². The molecule has 6 nitrogen and oxygen atoms in total. The van der Waals surface area contributed by atoms with Crippen molar-refractivity contribution >= 4 is 16.8 Å². The molecule has 28 heavy (non-hydrogen) atoms. The van der Waals surface area contributed by atoms with Gasteiger partial charge in [-0.2, -0.15) is 0 Å². The number of aliphatic imine (C=N–C) groups is 1. The Labute approximate surface area is 169 Å². The van der Waals surface area contributed by atoms with Gasteiger partial charge in [-0.05, 0) is 38.3 Å². The molecule has 1 aromatic carbocycles. The van der Waals surface area contributed by atoms with Gasteiger partial charge in [-0.1, -0.05) is 31.0 Å². The van der Waals surface area contributed by atoms with E-state index in [4.69, 9.17) is 4.42 Å². The van der Waals surface area contributed by atoms with Crippen molar-refractivity contribution in [1.82, 2.24) is 15.6 Å². The molecule has 2 aromatic rings. The summed E-state index contributed by atoms with van der Waals surface area (Å²) in [5, 5.41) is 7.07. The van der Waals surface area contributed by atoms with E-state index in [1.165, 1.54) is 5.56 Å². The van der Waals surface area contributed by atoms with Gasteiger partial charge in [0.25, 0.3) is 0 Å². The van der Waals surface area contributed by atoms with Crippen LogP contribution >= 0.6 is 0 Å². The van der Waals surface area contributed by atoms with Crippen LogP contribution in [0.4, 0.5) is 0 Å². The normalized spacial score (nSPS) is 21.3. The van der Waals surface area contributed by atoms with E-state index in [2.05, 4.69) is 27.5 Å². The van der Waals surface area contributed by atoms with Gasteiger partial charge in [0.05, 0.1) is 12.2 Å². The van der Waals surface area contributed by atoms with E-state index < -0.39 is 10.8 Å². The lowest BCUT2D eigenvalue weighted by molar-refractivity contribution is 0.413. The average molecular weight is 403 g/mol. The Hall–Kier alpha value is -2.15. The van der Waals surface area contributed by atoms with Crippen LogP contribution in [-0.2, 0) is 17.3 Å². The third-order valence-electron chi connectivity index (χ3n) is 5.13. The van der Waals surface area contributed by atoms with Crippen LogP contribution in [0.15, 0.2) is 39.9 Å². The molecule has 3 rings (SSSR count). The molecule has 3 unspecified atom stereocenters. The molecular weight excluding hydrogens is 372 g/mol. The Morgan fingerprint density at radius 3 is 2.82 bits per heavy atom. The summed E-state index contributed by atoms with van der Waals surface area (Å²) in [6.07, 6.45) is 5.86. The fraction of sp³-hybridized carbons (Fsp3) is 0.524. The maximum Gasteiger partial charge on any atom is 0.226 e. The molecule has 1 aliphatic carbocycles. The summed E-state index contributed by atoms with van der Waals surface area (Å²) < 4.78 is 17.7. The van der Waals surface area contributed by atoms with Crippen molar-refractivity contribution in [2.75, 3.05) is 12.8 Å². The molecule has 1 aromatic heterocycles. The molecule has 2 N–H and O–H groups in total. The summed E-state index contributed by atoms with van der Waals surface area (Å²) in [6.45, 7) is 4.59. The maximum absolute atomic E-state index is 12.1. The topological polar surface area (TPSA) is 79.5 Å². The Balaban J connectivity index is 1.53. The third kappa shape index (κ3) is 5.44. The summed E-state index contributed by atoms with van der Waals surface area (Å²) in [6, 6.07) is 8.43. The molecule has 1 fully saturated rings. The van der Waals surface area contributed by atoms with Crippen molar-refractivity contribution in [3.8, 4) is 11.5 Å². The zero-order valence-corrected chi connectivity index (χ0v) is 17.7. The first-order valence-corrected chi connectivity index (χ1v) is 11.3. The fourth-order valence-electron chi connectivity index (χ4n) is 3.53. The molecule has 1 heterocycles. The van der Waals surface area contributed by atoms with Crippen LogP contribution in [0.3, 0.4) is 0 Å². The van der Waals surface area contributed by atoms with Gasteiger partial charge in [-0.15, -0.1) is 0 Å². The lowest BCUT2D eigenvalue weighted by Gasteiger charge is -2.30. The molecule has 0 amide bonds. The molecule has 0 aliphatic heterocycles. The predicted octanol–water partition coefficient (Wildman–Crippen LogP) is 3.39. The van der Waals surface area contributed by atoms with Crippen LogP contribution in [0, 0.1) is 6.92 Å². The smallest absolute Gasteiger partial charge is 0.226 e. The van der Waals surface area contributed by atoms with Crippen LogP contribution < -0.4 is 10.6 Å². The van der Waals surface area contributed by atoms with E-state index >= 15 is 0 Å². The molecule has 1 aliphatic rings. The van der Waals surface area contributed by atoms with Gasteiger partial charge in [0.1, 0.15) is 6.26 Å². The van der Waals surface area contributed by atoms with Gasteiger partial charge in [0, 0.05) is 40.5 Å². The second-order valence-electron chi connectivity index (χ2n) is 7.24. The first-order chi connectivity index (χ1) is 13.6. The second kappa shape index (κ2) is 9.87. The average Bonchev–Trinajstić information content (AvgIpc) is 3.20. The van der Waals surface area contributed by atoms with E-state index in [0.29, 0.717) is 23.7 Å². The molecule has 1 saturated carbocycles. The van der Waals surface area contributed by atoms with E-state index in [9.17, 15) is 4.21 Å². The van der Waals surface area contributed by atoms with Gasteiger partial charge in [-0.3, -0.25) is 9.20 Å². The molecule has 0 saturated heterocycles. The highest BCUT2D eigenvalue weighted by Crippen LogP contribution is 2.23. The first kappa shape index (κ1) is 20.6. The van der Waals surface area contributed by atoms with E-state index in [1.54, 1.807) is 13.3 Å². The minimum Gasteiger partial charge on any atom is -0.444 e. The molecular formula is C21H30N4O2S. The molecule has 0 bridgehead atoms. The quantitative estimate of drug-likeness (QED) is 0.572. The van der Waals surface area contributed by atoms with Gasteiger partial charge < -0.3 is 15.1 Å². The highest BCUT2D eigenvalue weighted by molar-refractivity contribution is 7.85. The number of oxazole rings is 1. The zero-order valence-electron chi connectivity index (χ0n) is 16.9. The Morgan fingerprint density at radius 1 is 1.32 bits per heavy atom. The number of nitrogens with one attached hydrogen (secondary N) is 2. The number of aryl methyl sites for hydroxylation is 1. The van der Waals surface area contributed by atoms with Crippen molar-refractivity contribution in [3.05, 3.63) is 41.8 Å². The second-order valence-corrected chi connectivity index (χ2v) is 9.24. The van der Waals surface area contributed by atoms with Crippen molar-refractivity contribution in [2.24, 2.45) is 4.99 Å². The standard InChI is InChI=1S/C21H30N4O2S/c1-4-28(26)19-7-5-6-17(12-19)25-21(22-3)23-13-18-14-27-20(24-18)16-10-8-15(2)9-11-16/h8-11,14,17,19H,4-7,12-13H2,1-3H3,(H2,22,23,25). The molecule has 3 atom stereocenters. The van der Waals surface area contributed by atoms with Crippen LogP contribution in [0.25, 0.3) is 11.5 Å². The number of aromatic nitrogens is 1. The van der Waals surface area contributed by atoms with Gasteiger partial charge in [-0.25, -0.2) is 4.98 Å². The van der Waals surface area contributed by atoms with E-state index in [-0.39, 0.29) is 0 Å². The van der Waals surface area contributed by atoms with Gasteiger partial charge in [0.2, 0.25) is 5.89 Å². The number of nitrogens with zero attached hydrogens (tertiary/aromatic N) is 2. The van der Waals surface area contributed by atoms with Crippen molar-refractivity contribution in [3.63, 3.8) is 0 Å². The number of hydrogen-bond donors (Lipinski definition) is 2. The lowest BCUT2D eigenvalue weighted by Crippen LogP contribution is -2.46. The summed E-state index contributed by atoms with van der Waals surface area (Å²) >= 11 is 0. The Morgan fingerprint density at radius 2 is 2.11 bits per heavy atom. The third-order valence-corrected chi connectivity index (χ3v) is 6.87. The monoisotopic (exact) mass is 402 g/mol. The number of hydrogen-bond acceptors (Lipinski definition) is 4. The van der Waals surface area contributed by atoms with Crippen molar-refractivity contribution in [1.29, 1.82) is 0 Å². The SMILES string of the molecule is CCS(=O)C1CCCC(NC(=NC)NCc2coc(-c3ccc(C)cc3)n2)C1. The van der Waals surface area contributed by atoms with Gasteiger partial charge in [0.15, 0.2) is 5.96 Å². The van der Waals surface area contributed by atoms with Crippen LogP contribution in [0.1, 0.15) is 43.9 Å². The molecule has 7 heteroatoms. The van der Waals surface area contributed by atoms with Crippen molar-refractivity contribution < 1.29 is 8.63 Å². The Kier molecular flexibility index (Phi) is 7.25. The van der Waals surface area contributed by atoms with Crippen molar-refractivity contribution in [2.45, 2.75) is 57.4 Å². The fourth-order valence-corrected chi connectivity index (χ4v) is 4.88. The Bertz CT molecular complexity index is 816. The molecule has 0 spiro atoms. The highest BCUT2D eigenvalue weighted by atomic mass is 32.2. The number of benzene rings is 1. The van der Waals surface area contributed by atoms with Crippen LogP contribution in [0.2, 0.25) is 0 Å². The summed E-state index contributed by atoms with van der Waals surface area (Å²) in [5.74, 6) is 2.10. The largest absolute Gasteiger partial charge is 0.444 e. The predicted molar refractivity (Wildman–Crippen MR) is 115 cm³/mol. The van der Waals surface area contributed by atoms with Gasteiger partial charge >= 0.3 is 0 Å². The van der Waals surface area contributed by atoms with E-state index in [0.717, 1.165) is 48.7 Å². The minimum atomic E-state index is -0.724. The highest BCUT2D eigenvalue weighted by Gasteiger charge is 2.26. The number of rotatable bonds is 6. The minimum absolute atomic E-state index is 0.293. The number of guanidine groups is 1. The zero-order chi connectivity index (χ0) is 19.9. The molecule has 0 radical (unpaired) electrons. The first-order valence-electron chi connectivity index (χ1n) is 9.94. The maximum atomic E-state index is 12.1. The van der Waals surface area contributed by atoms with Crippen LogP contribution in [-0.4, -0.2) is 39.2 Å². The summed E-state index contributed by atoms with van der Waals surface area (Å²) in [4.78, 5) is 8.88. The summed E-state index contributed by atoms with van der Waals surface area (Å²) in [7, 11) is 1.04.